The third kappa shape index (κ3) is 3.29. The van der Waals surface area contributed by atoms with Crippen LogP contribution in [0.15, 0.2) is 24.3 Å². The van der Waals surface area contributed by atoms with Crippen LogP contribution < -0.4 is 21.3 Å². The number of nitrogens with zero attached hydrogens (tertiary/aromatic N) is 3. The Labute approximate surface area is 115 Å². The van der Waals surface area contributed by atoms with Crippen molar-refractivity contribution in [3.63, 3.8) is 0 Å². The van der Waals surface area contributed by atoms with Crippen LogP contribution >= 0.6 is 0 Å². The summed E-state index contributed by atoms with van der Waals surface area (Å²) in [6, 6.07) is 6.22. The Hall–Kier alpha value is -2.48. The van der Waals surface area contributed by atoms with Crippen LogP contribution in [0, 0.1) is 5.82 Å². The third-order valence-electron chi connectivity index (χ3n) is 2.62. The van der Waals surface area contributed by atoms with Crippen molar-refractivity contribution in [1.29, 1.82) is 0 Å². The van der Waals surface area contributed by atoms with E-state index >= 15 is 0 Å². The molecular formula is C12H15FN6O. The largest absolute Gasteiger partial charge is 0.467 e. The smallest absolute Gasteiger partial charge is 0.322 e. The number of methoxy groups -OCH3 is 1. The summed E-state index contributed by atoms with van der Waals surface area (Å²) in [6.45, 7) is 1.86. The summed E-state index contributed by atoms with van der Waals surface area (Å²) < 4.78 is 18.1. The fourth-order valence-electron chi connectivity index (χ4n) is 1.63. The van der Waals surface area contributed by atoms with Crippen molar-refractivity contribution >= 4 is 11.9 Å². The van der Waals surface area contributed by atoms with Crippen molar-refractivity contribution in [2.24, 2.45) is 5.84 Å². The molecule has 0 radical (unpaired) electrons. The Balaban J connectivity index is 2.20. The van der Waals surface area contributed by atoms with Gasteiger partial charge in [0.15, 0.2) is 0 Å². The molecule has 1 unspecified atom stereocenters. The SMILES string of the molecule is COc1nc(NN)nc(NC(C)c2cccc(F)c2)n1. The molecule has 1 aromatic carbocycles. The predicted octanol–water partition coefficient (Wildman–Crippen LogP) is 1.48. The second-order valence-electron chi connectivity index (χ2n) is 4.03. The van der Waals surface area contributed by atoms with Crippen LogP contribution in [-0.4, -0.2) is 22.1 Å². The molecular weight excluding hydrogens is 263 g/mol. The average Bonchev–Trinajstić information content (AvgIpc) is 2.46. The van der Waals surface area contributed by atoms with Crippen molar-refractivity contribution in [2.45, 2.75) is 13.0 Å². The van der Waals surface area contributed by atoms with Crippen molar-refractivity contribution in [1.82, 2.24) is 15.0 Å². The fourth-order valence-corrected chi connectivity index (χ4v) is 1.63. The zero-order valence-electron chi connectivity index (χ0n) is 11.1. The van der Waals surface area contributed by atoms with Gasteiger partial charge in [0, 0.05) is 0 Å². The summed E-state index contributed by atoms with van der Waals surface area (Å²) in [4.78, 5) is 12.0. The van der Waals surface area contributed by atoms with Gasteiger partial charge in [-0.25, -0.2) is 10.2 Å². The lowest BCUT2D eigenvalue weighted by atomic mass is 10.1. The number of hydrogen-bond donors (Lipinski definition) is 3. The summed E-state index contributed by atoms with van der Waals surface area (Å²) in [6.07, 6.45) is 0. The molecule has 0 saturated carbocycles. The molecule has 0 aliphatic carbocycles. The number of ether oxygens (including phenoxy) is 1. The van der Waals surface area contributed by atoms with Gasteiger partial charge in [-0.2, -0.15) is 15.0 Å². The second-order valence-corrected chi connectivity index (χ2v) is 4.03. The van der Waals surface area contributed by atoms with Gasteiger partial charge in [-0.1, -0.05) is 12.1 Å². The number of hydrazine groups is 1. The van der Waals surface area contributed by atoms with Gasteiger partial charge < -0.3 is 10.1 Å². The highest BCUT2D eigenvalue weighted by Gasteiger charge is 2.11. The lowest BCUT2D eigenvalue weighted by molar-refractivity contribution is 0.379. The lowest BCUT2D eigenvalue weighted by Crippen LogP contribution is -2.15. The van der Waals surface area contributed by atoms with E-state index in [9.17, 15) is 4.39 Å². The molecule has 7 nitrogen and oxygen atoms in total. The molecule has 0 aliphatic heterocycles. The molecule has 0 spiro atoms. The average molecular weight is 278 g/mol. The minimum Gasteiger partial charge on any atom is -0.467 e. The van der Waals surface area contributed by atoms with Gasteiger partial charge >= 0.3 is 6.01 Å². The highest BCUT2D eigenvalue weighted by atomic mass is 19.1. The first-order valence-electron chi connectivity index (χ1n) is 5.91. The minimum absolute atomic E-state index is 0.127. The van der Waals surface area contributed by atoms with E-state index in [2.05, 4.69) is 25.7 Å². The monoisotopic (exact) mass is 278 g/mol. The van der Waals surface area contributed by atoms with Crippen molar-refractivity contribution in [2.75, 3.05) is 17.9 Å². The molecule has 1 aromatic heterocycles. The van der Waals surface area contributed by atoms with Crippen molar-refractivity contribution < 1.29 is 9.13 Å². The Bertz CT molecular complexity index is 572. The Kier molecular flexibility index (Phi) is 4.26. The summed E-state index contributed by atoms with van der Waals surface area (Å²) >= 11 is 0. The zero-order valence-corrected chi connectivity index (χ0v) is 11.1. The molecule has 0 bridgehead atoms. The number of halogens is 1. The van der Waals surface area contributed by atoms with Crippen molar-refractivity contribution in [3.8, 4) is 6.01 Å². The number of aromatic nitrogens is 3. The number of rotatable bonds is 5. The fraction of sp³-hybridized carbons (Fsp3) is 0.250. The van der Waals surface area contributed by atoms with Crippen molar-refractivity contribution in [3.05, 3.63) is 35.6 Å². The van der Waals surface area contributed by atoms with Crippen LogP contribution in [0.4, 0.5) is 16.3 Å². The molecule has 0 saturated heterocycles. The standard InChI is InChI=1S/C12H15FN6O/c1-7(8-4-3-5-9(13)6-8)15-10-16-11(19-14)18-12(17-10)20-2/h3-7H,14H2,1-2H3,(H2,15,16,17,18,19). The van der Waals surface area contributed by atoms with E-state index in [1.54, 1.807) is 12.1 Å². The van der Waals surface area contributed by atoms with Gasteiger partial charge in [-0.05, 0) is 24.6 Å². The van der Waals surface area contributed by atoms with Crippen LogP contribution in [0.2, 0.25) is 0 Å². The van der Waals surface area contributed by atoms with Crippen LogP contribution in [0.1, 0.15) is 18.5 Å². The van der Waals surface area contributed by atoms with Crippen LogP contribution in [0.25, 0.3) is 0 Å². The number of nitrogens with one attached hydrogen (secondary N) is 2. The summed E-state index contributed by atoms with van der Waals surface area (Å²) in [5, 5.41) is 3.03. The van der Waals surface area contributed by atoms with E-state index in [4.69, 9.17) is 10.6 Å². The molecule has 20 heavy (non-hydrogen) atoms. The number of anilines is 2. The minimum atomic E-state index is -0.298. The molecule has 0 amide bonds. The van der Waals surface area contributed by atoms with Gasteiger partial charge in [0.05, 0.1) is 13.2 Å². The maximum absolute atomic E-state index is 13.2. The van der Waals surface area contributed by atoms with Gasteiger partial charge in [0.25, 0.3) is 0 Å². The third-order valence-corrected chi connectivity index (χ3v) is 2.62. The van der Waals surface area contributed by atoms with E-state index in [0.717, 1.165) is 5.56 Å². The zero-order chi connectivity index (χ0) is 14.5. The molecule has 0 fully saturated rings. The Morgan fingerprint density at radius 2 is 2.00 bits per heavy atom. The topological polar surface area (TPSA) is 98.0 Å². The van der Waals surface area contributed by atoms with Gasteiger partial charge in [-0.3, -0.25) is 5.43 Å². The molecule has 1 atom stereocenters. The molecule has 106 valence electrons. The van der Waals surface area contributed by atoms with E-state index < -0.39 is 0 Å². The Morgan fingerprint density at radius 3 is 2.65 bits per heavy atom. The number of hydrogen-bond acceptors (Lipinski definition) is 7. The van der Waals surface area contributed by atoms with Crippen LogP contribution in [0.5, 0.6) is 6.01 Å². The lowest BCUT2D eigenvalue weighted by Gasteiger charge is -2.15. The number of nitrogen functional groups attached to an aromatic ring is 1. The molecule has 2 aromatic rings. The van der Waals surface area contributed by atoms with E-state index in [1.165, 1.54) is 19.2 Å². The number of benzene rings is 1. The first kappa shape index (κ1) is 13.9. The highest BCUT2D eigenvalue weighted by molar-refractivity contribution is 5.37. The molecule has 8 heteroatoms. The molecule has 4 N–H and O–H groups in total. The quantitative estimate of drug-likeness (QED) is 0.563. The van der Waals surface area contributed by atoms with Gasteiger partial charge in [0.2, 0.25) is 11.9 Å². The normalized spacial score (nSPS) is 11.8. The van der Waals surface area contributed by atoms with Gasteiger partial charge in [0.1, 0.15) is 5.82 Å². The van der Waals surface area contributed by atoms with E-state index in [0.29, 0.717) is 0 Å². The molecule has 2 rings (SSSR count). The van der Waals surface area contributed by atoms with Crippen LogP contribution in [-0.2, 0) is 0 Å². The predicted molar refractivity (Wildman–Crippen MR) is 72.6 cm³/mol. The maximum Gasteiger partial charge on any atom is 0.322 e. The first-order valence-corrected chi connectivity index (χ1v) is 5.91. The van der Waals surface area contributed by atoms with Crippen LogP contribution in [0.3, 0.4) is 0 Å². The van der Waals surface area contributed by atoms with E-state index in [1.807, 2.05) is 6.92 Å². The van der Waals surface area contributed by atoms with Gasteiger partial charge in [-0.15, -0.1) is 0 Å². The summed E-state index contributed by atoms with van der Waals surface area (Å²) in [5.74, 6) is 5.42. The summed E-state index contributed by atoms with van der Waals surface area (Å²) in [7, 11) is 1.44. The van der Waals surface area contributed by atoms with E-state index in [-0.39, 0.29) is 29.8 Å². The Morgan fingerprint density at radius 1 is 1.25 bits per heavy atom. The molecule has 0 aliphatic rings. The molecule has 1 heterocycles. The first-order chi connectivity index (χ1) is 9.62. The highest BCUT2D eigenvalue weighted by Crippen LogP contribution is 2.19. The maximum atomic E-state index is 13.2. The summed E-state index contributed by atoms with van der Waals surface area (Å²) in [5.41, 5.74) is 3.09. The number of nitrogens with two attached hydrogens (primary N) is 1. The second kappa shape index (κ2) is 6.11.